The van der Waals surface area contributed by atoms with Crippen LogP contribution in [0.3, 0.4) is 0 Å². The summed E-state index contributed by atoms with van der Waals surface area (Å²) in [7, 11) is 3.78. The third-order valence-corrected chi connectivity index (χ3v) is 3.51. The Hall–Kier alpha value is -3.09. The highest BCUT2D eigenvalue weighted by atomic mass is 16.2. The van der Waals surface area contributed by atoms with Crippen LogP contribution in [0.5, 0.6) is 0 Å². The van der Waals surface area contributed by atoms with E-state index in [1.807, 2.05) is 49.3 Å². The fourth-order valence-electron chi connectivity index (χ4n) is 2.23. The molecule has 1 atom stereocenters. The minimum absolute atomic E-state index is 0.281. The van der Waals surface area contributed by atoms with Crippen molar-refractivity contribution in [2.45, 2.75) is 19.5 Å². The van der Waals surface area contributed by atoms with Gasteiger partial charge in [0.25, 0.3) is 0 Å². The van der Waals surface area contributed by atoms with Crippen LogP contribution in [0.25, 0.3) is 0 Å². The van der Waals surface area contributed by atoms with E-state index in [-0.39, 0.29) is 5.91 Å². The Bertz CT molecular complexity index is 718. The zero-order valence-corrected chi connectivity index (χ0v) is 14.6. The SMILES string of the molecule is CC(NC(=O)NCc1cccnc1N(C)C)C(=O)Nc1ccccc1. The fourth-order valence-corrected chi connectivity index (χ4v) is 2.23. The molecular weight excluding hydrogens is 318 g/mol. The van der Waals surface area contributed by atoms with Crippen molar-refractivity contribution >= 4 is 23.4 Å². The summed E-state index contributed by atoms with van der Waals surface area (Å²) in [6.07, 6.45) is 1.70. The molecule has 0 fully saturated rings. The third-order valence-electron chi connectivity index (χ3n) is 3.51. The first-order chi connectivity index (χ1) is 12.0. The van der Waals surface area contributed by atoms with Crippen molar-refractivity contribution in [3.63, 3.8) is 0 Å². The van der Waals surface area contributed by atoms with Gasteiger partial charge in [-0.25, -0.2) is 9.78 Å². The van der Waals surface area contributed by atoms with Gasteiger partial charge in [-0.2, -0.15) is 0 Å². The molecule has 25 heavy (non-hydrogen) atoms. The van der Waals surface area contributed by atoms with Crippen LogP contribution in [-0.2, 0) is 11.3 Å². The summed E-state index contributed by atoms with van der Waals surface area (Å²) < 4.78 is 0. The number of nitrogens with zero attached hydrogens (tertiary/aromatic N) is 2. The number of amides is 3. The number of urea groups is 1. The number of benzene rings is 1. The predicted molar refractivity (Wildman–Crippen MR) is 98.5 cm³/mol. The molecule has 1 aromatic carbocycles. The first-order valence-corrected chi connectivity index (χ1v) is 7.99. The minimum atomic E-state index is -0.664. The quantitative estimate of drug-likeness (QED) is 0.750. The number of hydrogen-bond donors (Lipinski definition) is 3. The van der Waals surface area contributed by atoms with Crippen LogP contribution in [0, 0.1) is 0 Å². The highest BCUT2D eigenvalue weighted by Crippen LogP contribution is 2.13. The molecule has 1 unspecified atom stereocenters. The number of anilines is 2. The van der Waals surface area contributed by atoms with Gasteiger partial charge in [0, 0.05) is 38.1 Å². The van der Waals surface area contributed by atoms with Gasteiger partial charge in [-0.1, -0.05) is 24.3 Å². The van der Waals surface area contributed by atoms with E-state index >= 15 is 0 Å². The van der Waals surface area contributed by atoms with Crippen molar-refractivity contribution in [1.82, 2.24) is 15.6 Å². The second-order valence-corrected chi connectivity index (χ2v) is 5.78. The van der Waals surface area contributed by atoms with Crippen LogP contribution in [-0.4, -0.2) is 37.1 Å². The van der Waals surface area contributed by atoms with Crippen LogP contribution in [0.1, 0.15) is 12.5 Å². The molecule has 0 saturated heterocycles. The Morgan fingerprint density at radius 2 is 1.84 bits per heavy atom. The maximum atomic E-state index is 12.1. The Labute approximate surface area is 147 Å². The second kappa shape index (κ2) is 8.68. The van der Waals surface area contributed by atoms with E-state index in [0.29, 0.717) is 12.2 Å². The van der Waals surface area contributed by atoms with E-state index in [9.17, 15) is 9.59 Å². The molecule has 2 rings (SSSR count). The highest BCUT2D eigenvalue weighted by Gasteiger charge is 2.16. The number of nitrogens with one attached hydrogen (secondary N) is 3. The summed E-state index contributed by atoms with van der Waals surface area (Å²) >= 11 is 0. The highest BCUT2D eigenvalue weighted by molar-refractivity contribution is 5.96. The number of pyridine rings is 1. The van der Waals surface area contributed by atoms with E-state index < -0.39 is 12.1 Å². The van der Waals surface area contributed by atoms with Crippen LogP contribution in [0.4, 0.5) is 16.3 Å². The maximum absolute atomic E-state index is 12.1. The average Bonchev–Trinajstić information content (AvgIpc) is 2.61. The molecule has 0 aliphatic rings. The Morgan fingerprint density at radius 1 is 1.12 bits per heavy atom. The number of carbonyl (C=O) groups is 2. The van der Waals surface area contributed by atoms with Crippen molar-refractivity contribution < 1.29 is 9.59 Å². The number of carbonyl (C=O) groups excluding carboxylic acids is 2. The van der Waals surface area contributed by atoms with Gasteiger partial charge in [0.1, 0.15) is 11.9 Å². The lowest BCUT2D eigenvalue weighted by molar-refractivity contribution is -0.117. The minimum Gasteiger partial charge on any atom is -0.362 e. The van der Waals surface area contributed by atoms with E-state index in [2.05, 4.69) is 20.9 Å². The molecule has 7 nitrogen and oxygen atoms in total. The summed E-state index contributed by atoms with van der Waals surface area (Å²) in [5.74, 6) is 0.509. The summed E-state index contributed by atoms with van der Waals surface area (Å²) in [5, 5.41) is 8.12. The van der Waals surface area contributed by atoms with Crippen LogP contribution in [0.15, 0.2) is 48.7 Å². The number of rotatable bonds is 6. The lowest BCUT2D eigenvalue weighted by atomic mass is 10.2. The zero-order valence-electron chi connectivity index (χ0n) is 14.6. The molecule has 0 saturated carbocycles. The molecule has 0 aliphatic carbocycles. The second-order valence-electron chi connectivity index (χ2n) is 5.78. The van der Waals surface area contributed by atoms with Gasteiger partial charge in [0.2, 0.25) is 5.91 Å². The van der Waals surface area contributed by atoms with Crippen molar-refractivity contribution in [3.8, 4) is 0 Å². The summed E-state index contributed by atoms with van der Waals surface area (Å²) in [6, 6.07) is 11.7. The summed E-state index contributed by atoms with van der Waals surface area (Å²) in [4.78, 5) is 30.3. The fraction of sp³-hybridized carbons (Fsp3) is 0.278. The number of para-hydroxylation sites is 1. The van der Waals surface area contributed by atoms with Gasteiger partial charge in [-0.15, -0.1) is 0 Å². The molecule has 0 spiro atoms. The average molecular weight is 341 g/mol. The molecule has 2 aromatic rings. The van der Waals surface area contributed by atoms with E-state index in [4.69, 9.17) is 0 Å². The maximum Gasteiger partial charge on any atom is 0.315 e. The molecule has 1 aromatic heterocycles. The van der Waals surface area contributed by atoms with Gasteiger partial charge in [-0.05, 0) is 25.1 Å². The summed E-state index contributed by atoms with van der Waals surface area (Å²) in [6.45, 7) is 1.95. The van der Waals surface area contributed by atoms with Gasteiger partial charge in [0.05, 0.1) is 0 Å². The largest absolute Gasteiger partial charge is 0.362 e. The van der Waals surface area contributed by atoms with Crippen molar-refractivity contribution in [2.24, 2.45) is 0 Å². The molecule has 3 N–H and O–H groups in total. The Balaban J connectivity index is 1.84. The monoisotopic (exact) mass is 341 g/mol. The van der Waals surface area contributed by atoms with E-state index in [0.717, 1.165) is 11.4 Å². The smallest absolute Gasteiger partial charge is 0.315 e. The number of hydrogen-bond acceptors (Lipinski definition) is 4. The van der Waals surface area contributed by atoms with Crippen molar-refractivity contribution in [1.29, 1.82) is 0 Å². The molecule has 0 radical (unpaired) electrons. The Morgan fingerprint density at radius 3 is 2.52 bits per heavy atom. The summed E-state index contributed by atoms with van der Waals surface area (Å²) in [5.41, 5.74) is 1.58. The van der Waals surface area contributed by atoms with Crippen LogP contribution in [0.2, 0.25) is 0 Å². The molecule has 132 valence electrons. The number of aromatic nitrogens is 1. The molecule has 0 aliphatic heterocycles. The standard InChI is InChI=1S/C18H23N5O2/c1-13(17(24)22-15-9-5-4-6-10-15)21-18(25)20-12-14-8-7-11-19-16(14)23(2)3/h4-11,13H,12H2,1-3H3,(H,22,24)(H2,20,21,25). The lowest BCUT2D eigenvalue weighted by Gasteiger charge is -2.17. The molecular formula is C18H23N5O2. The predicted octanol–water partition coefficient (Wildman–Crippen LogP) is 1.97. The lowest BCUT2D eigenvalue weighted by Crippen LogP contribution is -2.46. The van der Waals surface area contributed by atoms with Gasteiger partial charge >= 0.3 is 6.03 Å². The van der Waals surface area contributed by atoms with E-state index in [1.54, 1.807) is 25.3 Å². The van der Waals surface area contributed by atoms with Crippen molar-refractivity contribution in [3.05, 3.63) is 54.2 Å². The first kappa shape index (κ1) is 18.3. The molecule has 0 bridgehead atoms. The van der Waals surface area contributed by atoms with Gasteiger partial charge < -0.3 is 20.9 Å². The van der Waals surface area contributed by atoms with Crippen molar-refractivity contribution in [2.75, 3.05) is 24.3 Å². The van der Waals surface area contributed by atoms with Gasteiger partial charge in [-0.3, -0.25) is 4.79 Å². The topological polar surface area (TPSA) is 86.4 Å². The zero-order chi connectivity index (χ0) is 18.2. The van der Waals surface area contributed by atoms with Crippen LogP contribution >= 0.6 is 0 Å². The third kappa shape index (κ3) is 5.49. The Kier molecular flexibility index (Phi) is 6.33. The molecule has 3 amide bonds. The molecule has 7 heteroatoms. The van der Waals surface area contributed by atoms with E-state index in [1.165, 1.54) is 0 Å². The van der Waals surface area contributed by atoms with Crippen LogP contribution < -0.4 is 20.9 Å². The first-order valence-electron chi connectivity index (χ1n) is 7.99. The molecule has 1 heterocycles. The normalized spacial score (nSPS) is 11.3. The van der Waals surface area contributed by atoms with Gasteiger partial charge in [0.15, 0.2) is 0 Å².